The summed E-state index contributed by atoms with van der Waals surface area (Å²) >= 11 is 0. The van der Waals surface area contributed by atoms with Gasteiger partial charge in [-0.15, -0.1) is 0 Å². The monoisotopic (exact) mass is 614 g/mol. The van der Waals surface area contributed by atoms with Crippen molar-refractivity contribution < 1.29 is 0 Å². The topological polar surface area (TPSA) is 57.4 Å². The van der Waals surface area contributed by atoms with Crippen molar-refractivity contribution in [2.45, 2.75) is 23.7 Å². The molecule has 0 fully saturated rings. The summed E-state index contributed by atoms with van der Waals surface area (Å²) in [6, 6.07) is 9.41. The molecule has 0 spiro atoms. The van der Waals surface area contributed by atoms with Gasteiger partial charge in [-0.25, -0.2) is 9.97 Å². The van der Waals surface area contributed by atoms with Crippen LogP contribution in [-0.4, -0.2) is 19.9 Å². The van der Waals surface area contributed by atoms with Gasteiger partial charge in [-0.1, -0.05) is 97.2 Å². The molecule has 16 bridgehead atoms. The first-order valence-corrected chi connectivity index (χ1v) is 17.5. The van der Waals surface area contributed by atoms with Crippen molar-refractivity contribution in [3.05, 3.63) is 167 Å². The molecule has 226 valence electrons. The Labute approximate surface area is 277 Å². The van der Waals surface area contributed by atoms with Crippen LogP contribution in [0.25, 0.3) is 44.4 Å². The number of fused-ring (bicyclic) bond motifs is 8. The molecule has 0 radical (unpaired) electrons. The van der Waals surface area contributed by atoms with E-state index in [1.54, 1.807) is 0 Å². The van der Waals surface area contributed by atoms with Gasteiger partial charge in [0.2, 0.25) is 0 Å². The Morgan fingerprint density at radius 3 is 0.854 bits per heavy atom. The number of hydrogen-bond acceptors (Lipinski definition) is 2. The van der Waals surface area contributed by atoms with E-state index in [1.165, 1.54) is 66.6 Å². The second kappa shape index (κ2) is 8.32. The van der Waals surface area contributed by atoms with Gasteiger partial charge < -0.3 is 9.97 Å². The second-order valence-electron chi connectivity index (χ2n) is 14.8. The fourth-order valence-electron chi connectivity index (χ4n) is 10.4. The van der Waals surface area contributed by atoms with Crippen molar-refractivity contribution >= 4 is 44.4 Å². The Kier molecular flexibility index (Phi) is 4.27. The van der Waals surface area contributed by atoms with Crippen LogP contribution in [0.3, 0.4) is 0 Å². The molecule has 4 nitrogen and oxygen atoms in total. The Morgan fingerprint density at radius 2 is 0.542 bits per heavy atom. The van der Waals surface area contributed by atoms with Crippen LogP contribution < -0.4 is 0 Å². The molecular formula is C44H30N4. The molecule has 3 aromatic rings. The molecule has 5 heterocycles. The van der Waals surface area contributed by atoms with E-state index in [1.807, 2.05) is 0 Å². The largest absolute Gasteiger partial charge is 0.355 e. The highest BCUT2D eigenvalue weighted by Crippen LogP contribution is 2.53. The normalized spacial score (nSPS) is 32.2. The third-order valence-electron chi connectivity index (χ3n) is 12.4. The molecule has 2 N–H and O–H groups in total. The fourth-order valence-corrected chi connectivity index (χ4v) is 10.4. The van der Waals surface area contributed by atoms with Gasteiger partial charge in [0.25, 0.3) is 0 Å². The summed E-state index contributed by atoms with van der Waals surface area (Å²) < 4.78 is 0. The van der Waals surface area contributed by atoms with Crippen molar-refractivity contribution in [2.24, 2.45) is 23.7 Å². The molecule has 0 amide bonds. The summed E-state index contributed by atoms with van der Waals surface area (Å²) in [6.07, 6.45) is 37.9. The Morgan fingerprint density at radius 1 is 0.292 bits per heavy atom. The second-order valence-corrected chi connectivity index (χ2v) is 14.8. The van der Waals surface area contributed by atoms with Gasteiger partial charge in [-0.05, 0) is 68.8 Å². The average molecular weight is 615 g/mol. The van der Waals surface area contributed by atoms with Gasteiger partial charge in [0.15, 0.2) is 0 Å². The summed E-state index contributed by atoms with van der Waals surface area (Å²) in [7, 11) is 0. The number of nitrogens with one attached hydrogen (secondary N) is 2. The van der Waals surface area contributed by atoms with E-state index >= 15 is 0 Å². The van der Waals surface area contributed by atoms with Gasteiger partial charge in [-0.3, -0.25) is 0 Å². The smallest absolute Gasteiger partial charge is 0.0703 e. The molecule has 0 atom stereocenters. The van der Waals surface area contributed by atoms with E-state index in [2.05, 4.69) is 131 Å². The summed E-state index contributed by atoms with van der Waals surface area (Å²) in [6.45, 7) is 0. The molecule has 0 aromatic carbocycles. The van der Waals surface area contributed by atoms with Crippen molar-refractivity contribution in [1.29, 1.82) is 0 Å². The molecular weight excluding hydrogens is 585 g/mol. The Bertz CT molecular complexity index is 2380. The highest BCUT2D eigenvalue weighted by molar-refractivity contribution is 6.03. The van der Waals surface area contributed by atoms with Crippen molar-refractivity contribution in [3.8, 4) is 0 Å². The number of nitrogens with zero attached hydrogens (tertiary/aromatic N) is 2. The zero-order valence-electron chi connectivity index (χ0n) is 26.1. The first-order valence-electron chi connectivity index (χ1n) is 17.5. The molecule has 0 unspecified atom stereocenters. The lowest BCUT2D eigenvalue weighted by molar-refractivity contribution is 0.899. The lowest BCUT2D eigenvalue weighted by Crippen LogP contribution is -2.14. The average Bonchev–Trinajstić information content (AvgIpc) is 3.92. The van der Waals surface area contributed by atoms with Crippen LogP contribution in [0.4, 0.5) is 0 Å². The highest BCUT2D eigenvalue weighted by atomic mass is 14.8. The van der Waals surface area contributed by atoms with Gasteiger partial charge in [0, 0.05) is 69.4 Å². The van der Waals surface area contributed by atoms with Crippen molar-refractivity contribution in [1.82, 2.24) is 19.9 Å². The number of rotatable bonds is 0. The SMILES string of the molecule is C1=CC2C=CC1C1=C2c2cc3[nH]c(cc4[nH]c(cc5nc(cc1n2)C1=C5C2C=CC1C=C2)c1c4C2C=CC1C=C2)c1c3C2C=CC1C=C2. The van der Waals surface area contributed by atoms with Crippen molar-refractivity contribution in [3.63, 3.8) is 0 Å². The molecule has 0 saturated heterocycles. The minimum Gasteiger partial charge on any atom is -0.355 e. The summed E-state index contributed by atoms with van der Waals surface area (Å²) in [5.74, 6) is 2.04. The highest BCUT2D eigenvalue weighted by Gasteiger charge is 2.38. The summed E-state index contributed by atoms with van der Waals surface area (Å²) in [5.41, 5.74) is 20.1. The van der Waals surface area contributed by atoms with Gasteiger partial charge in [0.05, 0.1) is 22.8 Å². The Hall–Kier alpha value is -5.48. The minimum atomic E-state index is 0.240. The van der Waals surface area contributed by atoms with Crippen LogP contribution >= 0.6 is 0 Å². The van der Waals surface area contributed by atoms with E-state index in [9.17, 15) is 0 Å². The summed E-state index contributed by atoms with van der Waals surface area (Å²) in [4.78, 5) is 18.9. The molecule has 0 saturated carbocycles. The van der Waals surface area contributed by atoms with E-state index in [4.69, 9.17) is 9.97 Å². The molecule has 3 aromatic heterocycles. The van der Waals surface area contributed by atoms with Crippen LogP contribution in [0.15, 0.2) is 121 Å². The molecule has 14 aliphatic rings. The maximum absolute atomic E-state index is 5.49. The van der Waals surface area contributed by atoms with Crippen molar-refractivity contribution in [2.75, 3.05) is 0 Å². The molecule has 4 heteroatoms. The minimum absolute atomic E-state index is 0.240. The standard InChI is InChI=1S/C44H30N4/c1-2-22-4-3-21(1)37-29-17-31-39-23-5-7-25(8-6-23)41(39)33(46-31)19-35-43-27-13-15-28(16-14-27)44(43)36(48-35)20-34-42-26-11-9-24(10-12-26)40(42)32(47-34)18-30(45-29)38(22)37/h1-28,45-46H. The van der Waals surface area contributed by atoms with Crippen LogP contribution in [0, 0.1) is 23.7 Å². The van der Waals surface area contributed by atoms with Crippen LogP contribution in [0.2, 0.25) is 0 Å². The lowest BCUT2D eigenvalue weighted by Gasteiger charge is -2.28. The van der Waals surface area contributed by atoms with Crippen LogP contribution in [0.1, 0.15) is 68.7 Å². The maximum Gasteiger partial charge on any atom is 0.0703 e. The zero-order valence-corrected chi connectivity index (χ0v) is 26.1. The quantitative estimate of drug-likeness (QED) is 0.248. The number of aromatic amines is 2. The maximum atomic E-state index is 5.49. The molecule has 2 aliphatic heterocycles. The van der Waals surface area contributed by atoms with E-state index in [0.717, 1.165) is 22.8 Å². The molecule has 17 rings (SSSR count). The van der Waals surface area contributed by atoms with E-state index < -0.39 is 0 Å². The van der Waals surface area contributed by atoms with Crippen LogP contribution in [-0.2, 0) is 0 Å². The van der Waals surface area contributed by atoms with E-state index in [-0.39, 0.29) is 47.3 Å². The molecule has 12 aliphatic carbocycles. The Balaban J connectivity index is 1.19. The molecule has 48 heavy (non-hydrogen) atoms. The third-order valence-corrected chi connectivity index (χ3v) is 12.4. The summed E-state index contributed by atoms with van der Waals surface area (Å²) in [5, 5.41) is 0. The third kappa shape index (κ3) is 2.95. The van der Waals surface area contributed by atoms with Crippen LogP contribution in [0.5, 0.6) is 0 Å². The number of hydrogen-bond donors (Lipinski definition) is 2. The predicted molar refractivity (Wildman–Crippen MR) is 193 cm³/mol. The number of allylic oxidation sites excluding steroid dienone is 20. The van der Waals surface area contributed by atoms with Gasteiger partial charge >= 0.3 is 0 Å². The number of aromatic nitrogens is 4. The van der Waals surface area contributed by atoms with Gasteiger partial charge in [0.1, 0.15) is 0 Å². The first kappa shape index (κ1) is 24.7. The van der Waals surface area contributed by atoms with E-state index in [0.29, 0.717) is 0 Å². The predicted octanol–water partition coefficient (Wildman–Crippen LogP) is 9.49. The number of H-pyrrole nitrogens is 2. The van der Waals surface area contributed by atoms with Gasteiger partial charge in [-0.2, -0.15) is 0 Å². The first-order chi connectivity index (χ1) is 23.7. The fraction of sp³-hybridized carbons (Fsp3) is 0.182. The lowest BCUT2D eigenvalue weighted by atomic mass is 9.74. The zero-order chi connectivity index (χ0) is 30.8.